The third-order valence-corrected chi connectivity index (χ3v) is 11.1. The molecular formula is C32H46O3. The van der Waals surface area contributed by atoms with Crippen LogP contribution in [0.4, 0.5) is 0 Å². The van der Waals surface area contributed by atoms with Crippen LogP contribution in [-0.2, 0) is 20.9 Å². The molecule has 0 aliphatic heterocycles. The highest BCUT2D eigenvalue weighted by atomic mass is 16.5. The molecule has 4 aliphatic rings. The summed E-state index contributed by atoms with van der Waals surface area (Å²) in [5.41, 5.74) is 2.78. The van der Waals surface area contributed by atoms with E-state index in [0.717, 1.165) is 37.2 Å². The molecule has 3 saturated carbocycles. The molecule has 0 aromatic heterocycles. The lowest BCUT2D eigenvalue weighted by molar-refractivity contribution is -0.152. The normalized spacial score (nSPS) is 38.7. The largest absolute Gasteiger partial charge is 0.465 e. The van der Waals surface area contributed by atoms with Gasteiger partial charge in [0, 0.05) is 0 Å². The molecule has 0 N–H and O–H groups in total. The van der Waals surface area contributed by atoms with Crippen LogP contribution in [0.5, 0.6) is 0 Å². The van der Waals surface area contributed by atoms with Gasteiger partial charge in [0.25, 0.3) is 0 Å². The molecule has 0 radical (unpaired) electrons. The van der Waals surface area contributed by atoms with E-state index in [2.05, 4.69) is 64.1 Å². The topological polar surface area (TPSA) is 35.5 Å². The van der Waals surface area contributed by atoms with Crippen LogP contribution in [0.1, 0.15) is 91.5 Å². The molecule has 0 heterocycles. The van der Waals surface area contributed by atoms with Gasteiger partial charge in [0.15, 0.2) is 0 Å². The first-order valence-electron chi connectivity index (χ1n) is 14.2. The minimum absolute atomic E-state index is 0.0653. The minimum atomic E-state index is -0.506. The van der Waals surface area contributed by atoms with Gasteiger partial charge in [-0.1, -0.05) is 55.8 Å². The molecule has 0 unspecified atom stereocenters. The van der Waals surface area contributed by atoms with Crippen molar-refractivity contribution in [3.63, 3.8) is 0 Å². The highest BCUT2D eigenvalue weighted by molar-refractivity contribution is 5.79. The fourth-order valence-electron chi connectivity index (χ4n) is 8.83. The molecule has 3 heteroatoms. The Morgan fingerprint density at radius 1 is 1.00 bits per heavy atom. The predicted molar refractivity (Wildman–Crippen MR) is 141 cm³/mol. The van der Waals surface area contributed by atoms with Crippen molar-refractivity contribution in [3.05, 3.63) is 47.5 Å². The van der Waals surface area contributed by atoms with E-state index in [9.17, 15) is 4.79 Å². The Kier molecular flexibility index (Phi) is 6.70. The van der Waals surface area contributed by atoms with Crippen molar-refractivity contribution < 1.29 is 14.3 Å². The third-order valence-electron chi connectivity index (χ3n) is 11.1. The maximum absolute atomic E-state index is 12.7. The van der Waals surface area contributed by atoms with Gasteiger partial charge in [-0.2, -0.15) is 0 Å². The van der Waals surface area contributed by atoms with Crippen molar-refractivity contribution in [2.24, 2.45) is 39.9 Å². The Hall–Kier alpha value is -1.61. The summed E-state index contributed by atoms with van der Waals surface area (Å²) in [6.45, 7) is 12.4. The van der Waals surface area contributed by atoms with Crippen LogP contribution in [0.3, 0.4) is 0 Å². The molecule has 0 amide bonds. The highest BCUT2D eigenvalue weighted by Crippen LogP contribution is 2.67. The molecule has 0 bridgehead atoms. The zero-order valence-electron chi connectivity index (χ0n) is 22.6. The van der Waals surface area contributed by atoms with Crippen LogP contribution in [0.25, 0.3) is 0 Å². The molecular weight excluding hydrogens is 432 g/mol. The van der Waals surface area contributed by atoms with Gasteiger partial charge in [-0.15, -0.1) is 0 Å². The average Bonchev–Trinajstić information content (AvgIpc) is 3.19. The maximum Gasteiger partial charge on any atom is 0.315 e. The zero-order valence-corrected chi connectivity index (χ0v) is 22.6. The fourth-order valence-corrected chi connectivity index (χ4v) is 8.83. The van der Waals surface area contributed by atoms with Crippen molar-refractivity contribution >= 4 is 5.97 Å². The minimum Gasteiger partial charge on any atom is -0.465 e. The van der Waals surface area contributed by atoms with Gasteiger partial charge in [0.2, 0.25) is 0 Å². The number of rotatable bonds is 6. The first-order valence-corrected chi connectivity index (χ1v) is 14.2. The molecule has 0 saturated heterocycles. The Morgan fingerprint density at radius 3 is 2.49 bits per heavy atom. The van der Waals surface area contributed by atoms with E-state index >= 15 is 0 Å². The highest BCUT2D eigenvalue weighted by Gasteiger charge is 2.60. The van der Waals surface area contributed by atoms with Crippen LogP contribution < -0.4 is 0 Å². The van der Waals surface area contributed by atoms with Crippen LogP contribution >= 0.6 is 0 Å². The number of esters is 1. The molecule has 1 aromatic carbocycles. The number of allylic oxidation sites excluding steroid dienone is 1. The maximum atomic E-state index is 12.7. The number of hydrogen-bond acceptors (Lipinski definition) is 3. The van der Waals surface area contributed by atoms with Crippen molar-refractivity contribution in [1.29, 1.82) is 0 Å². The number of carbonyl (C=O) groups is 1. The SMILES string of the molecule is CCOC(=O)C(C)(C)C1=CC[C@@]2(C)[C@@H](CC[C@H]3[C@H]2CC[C@]2(C)[C@@H](OCc4ccccc4)CC[C@H]32)C1. The molecule has 3 fully saturated rings. The second kappa shape index (κ2) is 9.36. The predicted octanol–water partition coefficient (Wildman–Crippen LogP) is 7.74. The summed E-state index contributed by atoms with van der Waals surface area (Å²) >= 11 is 0. The summed E-state index contributed by atoms with van der Waals surface area (Å²) in [6.07, 6.45) is 12.8. The van der Waals surface area contributed by atoms with Crippen molar-refractivity contribution in [2.45, 2.75) is 98.7 Å². The molecule has 5 rings (SSSR count). The molecule has 192 valence electrons. The van der Waals surface area contributed by atoms with Gasteiger partial charge in [0.1, 0.15) is 0 Å². The van der Waals surface area contributed by atoms with Crippen LogP contribution in [0.2, 0.25) is 0 Å². The van der Waals surface area contributed by atoms with E-state index < -0.39 is 5.41 Å². The molecule has 3 nitrogen and oxygen atoms in total. The molecule has 4 aliphatic carbocycles. The Morgan fingerprint density at radius 2 is 1.74 bits per heavy atom. The number of hydrogen-bond donors (Lipinski definition) is 0. The van der Waals surface area contributed by atoms with Crippen molar-refractivity contribution in [3.8, 4) is 0 Å². The van der Waals surface area contributed by atoms with Gasteiger partial charge in [-0.05, 0) is 112 Å². The Labute approximate surface area is 213 Å². The van der Waals surface area contributed by atoms with Gasteiger partial charge in [0.05, 0.1) is 24.7 Å². The van der Waals surface area contributed by atoms with E-state index in [4.69, 9.17) is 9.47 Å². The quantitative estimate of drug-likeness (QED) is 0.310. The van der Waals surface area contributed by atoms with E-state index in [1.54, 1.807) is 0 Å². The summed E-state index contributed by atoms with van der Waals surface area (Å²) < 4.78 is 12.0. The Bertz CT molecular complexity index is 949. The lowest BCUT2D eigenvalue weighted by atomic mass is 9.45. The number of benzene rings is 1. The fraction of sp³-hybridized carbons (Fsp3) is 0.719. The first kappa shape index (κ1) is 25.1. The van der Waals surface area contributed by atoms with E-state index in [0.29, 0.717) is 29.5 Å². The van der Waals surface area contributed by atoms with Crippen LogP contribution in [0, 0.1) is 39.9 Å². The summed E-state index contributed by atoms with van der Waals surface area (Å²) in [7, 11) is 0. The lowest BCUT2D eigenvalue weighted by Crippen LogP contribution is -2.53. The standard InChI is InChI=1S/C32H46O3/c1-6-34-29(33)30(2,3)23-16-18-31(4)24(20-23)12-13-25-26-14-15-28(32(26,5)19-17-27(25)31)35-21-22-10-8-7-9-11-22/h7-11,16,24-28H,6,12-15,17-21H2,1-5H3/t24-,25+,26+,27+,28-,31-,32-/m0/s1. The number of carbonyl (C=O) groups excluding carboxylic acids is 1. The smallest absolute Gasteiger partial charge is 0.315 e. The molecule has 7 atom stereocenters. The summed E-state index contributed by atoms with van der Waals surface area (Å²) in [6, 6.07) is 10.7. The summed E-state index contributed by atoms with van der Waals surface area (Å²) in [4.78, 5) is 12.7. The van der Waals surface area contributed by atoms with E-state index in [-0.39, 0.29) is 5.97 Å². The van der Waals surface area contributed by atoms with Crippen molar-refractivity contribution in [2.75, 3.05) is 6.61 Å². The molecule has 0 spiro atoms. The van der Waals surface area contributed by atoms with Crippen molar-refractivity contribution in [1.82, 2.24) is 0 Å². The van der Waals surface area contributed by atoms with Gasteiger partial charge in [-0.25, -0.2) is 0 Å². The molecule has 1 aromatic rings. The monoisotopic (exact) mass is 478 g/mol. The first-order chi connectivity index (χ1) is 16.7. The van der Waals surface area contributed by atoms with Gasteiger partial charge < -0.3 is 9.47 Å². The van der Waals surface area contributed by atoms with Crippen LogP contribution in [-0.4, -0.2) is 18.7 Å². The second-order valence-electron chi connectivity index (χ2n) is 13.0. The average molecular weight is 479 g/mol. The van der Waals surface area contributed by atoms with E-state index in [1.807, 2.05) is 6.92 Å². The number of ether oxygens (including phenoxy) is 2. The Balaban J connectivity index is 1.30. The third kappa shape index (κ3) is 4.20. The second-order valence-corrected chi connectivity index (χ2v) is 13.0. The van der Waals surface area contributed by atoms with E-state index in [1.165, 1.54) is 49.7 Å². The lowest BCUT2D eigenvalue weighted by Gasteiger charge is -2.60. The summed E-state index contributed by atoms with van der Waals surface area (Å²) in [5.74, 6) is 3.04. The number of fused-ring (bicyclic) bond motifs is 5. The van der Waals surface area contributed by atoms with Gasteiger partial charge >= 0.3 is 5.97 Å². The molecule has 35 heavy (non-hydrogen) atoms. The van der Waals surface area contributed by atoms with Gasteiger partial charge in [-0.3, -0.25) is 4.79 Å². The van der Waals surface area contributed by atoms with Crippen LogP contribution in [0.15, 0.2) is 42.0 Å². The zero-order chi connectivity index (χ0) is 24.8. The summed E-state index contributed by atoms with van der Waals surface area (Å²) in [5, 5.41) is 0.